The van der Waals surface area contributed by atoms with Gasteiger partial charge in [0.15, 0.2) is 6.61 Å². The number of nitrogens with one attached hydrogen (secondary N) is 1. The van der Waals surface area contributed by atoms with E-state index in [2.05, 4.69) is 5.32 Å². The molecule has 0 aliphatic heterocycles. The smallest absolute Gasteiger partial charge is 0.261 e. The molecular weight excluding hydrogens is 411 g/mol. The van der Waals surface area contributed by atoms with Gasteiger partial charge >= 0.3 is 0 Å². The predicted molar refractivity (Wildman–Crippen MR) is 116 cm³/mol. The zero-order valence-electron chi connectivity index (χ0n) is 16.8. The van der Waals surface area contributed by atoms with E-state index in [0.29, 0.717) is 15.8 Å². The summed E-state index contributed by atoms with van der Waals surface area (Å²) < 4.78 is 5.59. The topological polar surface area (TPSA) is 58.6 Å². The average molecular weight is 437 g/mol. The van der Waals surface area contributed by atoms with Crippen molar-refractivity contribution in [2.45, 2.75) is 45.8 Å². The molecule has 2 aromatic carbocycles. The lowest BCUT2D eigenvalue weighted by Gasteiger charge is -2.29. The number of halogens is 2. The van der Waals surface area contributed by atoms with Crippen molar-refractivity contribution in [2.75, 3.05) is 6.61 Å². The van der Waals surface area contributed by atoms with Crippen molar-refractivity contribution in [1.29, 1.82) is 0 Å². The van der Waals surface area contributed by atoms with Crippen molar-refractivity contribution in [2.24, 2.45) is 0 Å². The Kier molecular flexibility index (Phi) is 8.80. The molecule has 0 heterocycles. The molecule has 1 N–H and O–H groups in total. The van der Waals surface area contributed by atoms with Gasteiger partial charge in [0, 0.05) is 22.6 Å². The molecule has 2 unspecified atom stereocenters. The molecule has 0 spiro atoms. The summed E-state index contributed by atoms with van der Waals surface area (Å²) in [5.41, 5.74) is 0.834. The number of amides is 2. The zero-order valence-corrected chi connectivity index (χ0v) is 18.3. The average Bonchev–Trinajstić information content (AvgIpc) is 2.70. The Labute approximate surface area is 181 Å². The van der Waals surface area contributed by atoms with Crippen molar-refractivity contribution in [3.63, 3.8) is 0 Å². The van der Waals surface area contributed by atoms with Crippen LogP contribution in [0.2, 0.25) is 10.0 Å². The van der Waals surface area contributed by atoms with Crippen LogP contribution < -0.4 is 10.1 Å². The molecule has 156 valence electrons. The molecule has 5 nitrogen and oxygen atoms in total. The highest BCUT2D eigenvalue weighted by atomic mass is 35.5. The number of benzene rings is 2. The minimum atomic E-state index is -0.663. The second-order valence-electron chi connectivity index (χ2n) is 6.89. The van der Waals surface area contributed by atoms with E-state index < -0.39 is 6.04 Å². The van der Waals surface area contributed by atoms with Gasteiger partial charge in [0.1, 0.15) is 11.8 Å². The SMILES string of the molecule is CCC(C)NC(=O)C(C)N(Cc1cccc(Cl)c1)C(=O)COc1ccc(Cl)cc1. The van der Waals surface area contributed by atoms with Crippen LogP contribution in [0.15, 0.2) is 48.5 Å². The van der Waals surface area contributed by atoms with E-state index in [-0.39, 0.29) is 31.0 Å². The summed E-state index contributed by atoms with van der Waals surface area (Å²) in [7, 11) is 0. The van der Waals surface area contributed by atoms with Gasteiger partial charge in [-0.05, 0) is 62.2 Å². The Hall–Kier alpha value is -2.24. The largest absolute Gasteiger partial charge is 0.484 e. The third-order valence-corrected chi connectivity index (χ3v) is 5.07. The second-order valence-corrected chi connectivity index (χ2v) is 7.76. The molecule has 2 atom stereocenters. The van der Waals surface area contributed by atoms with E-state index in [1.807, 2.05) is 26.0 Å². The zero-order chi connectivity index (χ0) is 21.4. The first-order valence-electron chi connectivity index (χ1n) is 9.52. The van der Waals surface area contributed by atoms with Crippen molar-refractivity contribution in [3.8, 4) is 5.75 Å². The second kappa shape index (κ2) is 11.1. The van der Waals surface area contributed by atoms with Crippen LogP contribution in [0.25, 0.3) is 0 Å². The fourth-order valence-electron chi connectivity index (χ4n) is 2.64. The molecule has 0 fully saturated rings. The van der Waals surface area contributed by atoms with Gasteiger partial charge in [-0.15, -0.1) is 0 Å². The molecule has 2 amide bonds. The molecule has 7 heteroatoms. The van der Waals surface area contributed by atoms with Gasteiger partial charge in [-0.25, -0.2) is 0 Å². The van der Waals surface area contributed by atoms with E-state index in [0.717, 1.165) is 12.0 Å². The Balaban J connectivity index is 2.14. The number of carbonyl (C=O) groups excluding carboxylic acids is 2. The Morgan fingerprint density at radius 3 is 2.38 bits per heavy atom. The normalized spacial score (nSPS) is 12.7. The number of carbonyl (C=O) groups is 2. The number of ether oxygens (including phenoxy) is 1. The highest BCUT2D eigenvalue weighted by molar-refractivity contribution is 6.30. The molecule has 0 saturated carbocycles. The fraction of sp³-hybridized carbons (Fsp3) is 0.364. The summed E-state index contributed by atoms with van der Waals surface area (Å²) in [6.45, 7) is 5.69. The van der Waals surface area contributed by atoms with Gasteiger partial charge < -0.3 is 15.0 Å². The lowest BCUT2D eigenvalue weighted by Crippen LogP contribution is -2.50. The van der Waals surface area contributed by atoms with Crippen LogP contribution in [0.1, 0.15) is 32.8 Å². The van der Waals surface area contributed by atoms with Crippen LogP contribution in [0, 0.1) is 0 Å². The van der Waals surface area contributed by atoms with E-state index in [9.17, 15) is 9.59 Å². The Bertz CT molecular complexity index is 827. The van der Waals surface area contributed by atoms with Crippen molar-refractivity contribution < 1.29 is 14.3 Å². The fourth-order valence-corrected chi connectivity index (χ4v) is 2.98. The predicted octanol–water partition coefficient (Wildman–Crippen LogP) is 4.70. The maximum absolute atomic E-state index is 12.9. The first-order chi connectivity index (χ1) is 13.8. The first-order valence-corrected chi connectivity index (χ1v) is 10.3. The first kappa shape index (κ1) is 23.0. The summed E-state index contributed by atoms with van der Waals surface area (Å²) in [6.07, 6.45) is 0.806. The number of hydrogen-bond acceptors (Lipinski definition) is 3. The van der Waals surface area contributed by atoms with Gasteiger partial charge in [0.25, 0.3) is 5.91 Å². The van der Waals surface area contributed by atoms with Crippen molar-refractivity contribution >= 4 is 35.0 Å². The van der Waals surface area contributed by atoms with E-state index in [1.165, 1.54) is 4.90 Å². The van der Waals surface area contributed by atoms with Crippen LogP contribution in [0.3, 0.4) is 0 Å². The van der Waals surface area contributed by atoms with Crippen LogP contribution in [0.4, 0.5) is 0 Å². The molecule has 0 aromatic heterocycles. The van der Waals surface area contributed by atoms with E-state index in [1.54, 1.807) is 43.3 Å². The molecule has 29 heavy (non-hydrogen) atoms. The standard InChI is InChI=1S/C22H26Cl2N2O3/c1-4-15(2)25-22(28)16(3)26(13-17-6-5-7-19(24)12-17)21(27)14-29-20-10-8-18(23)9-11-20/h5-12,15-16H,4,13-14H2,1-3H3,(H,25,28). The maximum Gasteiger partial charge on any atom is 0.261 e. The number of hydrogen-bond donors (Lipinski definition) is 1. The minimum absolute atomic E-state index is 0.0263. The summed E-state index contributed by atoms with van der Waals surface area (Å²) in [4.78, 5) is 27.1. The van der Waals surface area contributed by atoms with Gasteiger partial charge in [-0.2, -0.15) is 0 Å². The summed E-state index contributed by atoms with van der Waals surface area (Å²) in [5.74, 6) is 0.0233. The van der Waals surface area contributed by atoms with Crippen LogP contribution in [-0.4, -0.2) is 35.4 Å². The van der Waals surface area contributed by atoms with E-state index >= 15 is 0 Å². The molecule has 2 rings (SSSR count). The molecule has 0 saturated heterocycles. The van der Waals surface area contributed by atoms with Crippen molar-refractivity contribution in [1.82, 2.24) is 10.2 Å². The number of rotatable bonds is 9. The maximum atomic E-state index is 12.9. The highest BCUT2D eigenvalue weighted by Crippen LogP contribution is 2.17. The molecular formula is C22H26Cl2N2O3. The molecule has 0 bridgehead atoms. The van der Waals surface area contributed by atoms with Crippen LogP contribution in [-0.2, 0) is 16.1 Å². The monoisotopic (exact) mass is 436 g/mol. The van der Waals surface area contributed by atoms with E-state index in [4.69, 9.17) is 27.9 Å². The Morgan fingerprint density at radius 2 is 1.76 bits per heavy atom. The third kappa shape index (κ3) is 7.26. The van der Waals surface area contributed by atoms with Crippen LogP contribution >= 0.6 is 23.2 Å². The Morgan fingerprint density at radius 1 is 1.07 bits per heavy atom. The van der Waals surface area contributed by atoms with Gasteiger partial charge in [0.05, 0.1) is 0 Å². The highest BCUT2D eigenvalue weighted by Gasteiger charge is 2.27. The molecule has 0 aliphatic rings. The van der Waals surface area contributed by atoms with Gasteiger partial charge in [-0.1, -0.05) is 42.3 Å². The molecule has 2 aromatic rings. The molecule has 0 aliphatic carbocycles. The van der Waals surface area contributed by atoms with Gasteiger partial charge in [0.2, 0.25) is 5.91 Å². The lowest BCUT2D eigenvalue weighted by molar-refractivity contribution is -0.142. The van der Waals surface area contributed by atoms with Crippen molar-refractivity contribution in [3.05, 3.63) is 64.1 Å². The quantitative estimate of drug-likeness (QED) is 0.619. The molecule has 0 radical (unpaired) electrons. The third-order valence-electron chi connectivity index (χ3n) is 4.59. The number of nitrogens with zero attached hydrogens (tertiary/aromatic N) is 1. The summed E-state index contributed by atoms with van der Waals surface area (Å²) >= 11 is 11.9. The lowest BCUT2D eigenvalue weighted by atomic mass is 10.1. The summed E-state index contributed by atoms with van der Waals surface area (Å²) in [5, 5.41) is 4.09. The summed E-state index contributed by atoms with van der Waals surface area (Å²) in [6, 6.07) is 13.3. The minimum Gasteiger partial charge on any atom is -0.484 e. The van der Waals surface area contributed by atoms with Crippen LogP contribution in [0.5, 0.6) is 5.75 Å². The van der Waals surface area contributed by atoms with Gasteiger partial charge in [-0.3, -0.25) is 9.59 Å².